The molecule has 0 saturated carbocycles. The average molecular weight is 345 g/mol. The fourth-order valence-corrected chi connectivity index (χ4v) is 5.32. The molecule has 1 aliphatic heterocycles. The molecule has 128 valence electrons. The van der Waals surface area contributed by atoms with E-state index in [9.17, 15) is 8.42 Å². The predicted octanol–water partition coefficient (Wildman–Crippen LogP) is 3.84. The third kappa shape index (κ3) is 3.06. The first-order valence-electron chi connectivity index (χ1n) is 8.16. The molecule has 2 aromatic rings. The Bertz CT molecular complexity index is 845. The van der Waals surface area contributed by atoms with Crippen molar-refractivity contribution >= 4 is 10.0 Å². The number of nitrogens with zero attached hydrogens (tertiary/aromatic N) is 1. The predicted molar refractivity (Wildman–Crippen MR) is 94.8 cm³/mol. The molecule has 0 aliphatic carbocycles. The van der Waals surface area contributed by atoms with Gasteiger partial charge in [0.05, 0.1) is 18.0 Å². The van der Waals surface area contributed by atoms with Crippen LogP contribution in [0.4, 0.5) is 0 Å². The van der Waals surface area contributed by atoms with Crippen molar-refractivity contribution in [2.24, 2.45) is 0 Å². The number of hydrogen-bond acceptors (Lipinski definition) is 3. The molecule has 1 atom stereocenters. The van der Waals surface area contributed by atoms with Gasteiger partial charge in [0.2, 0.25) is 10.0 Å². The Labute approximate surface area is 144 Å². The van der Waals surface area contributed by atoms with Crippen LogP contribution in [0.5, 0.6) is 5.75 Å². The van der Waals surface area contributed by atoms with Crippen molar-refractivity contribution in [2.45, 2.75) is 37.6 Å². The molecule has 0 radical (unpaired) electrons. The van der Waals surface area contributed by atoms with Crippen LogP contribution in [-0.2, 0) is 10.0 Å². The summed E-state index contributed by atoms with van der Waals surface area (Å²) in [6.07, 6.45) is 1.70. The highest BCUT2D eigenvalue weighted by atomic mass is 32.2. The molecule has 3 rings (SSSR count). The smallest absolute Gasteiger partial charge is 0.243 e. The first-order valence-corrected chi connectivity index (χ1v) is 9.60. The highest BCUT2D eigenvalue weighted by molar-refractivity contribution is 7.89. The van der Waals surface area contributed by atoms with Crippen molar-refractivity contribution < 1.29 is 13.2 Å². The number of hydrogen-bond donors (Lipinski definition) is 0. The van der Waals surface area contributed by atoms with Crippen molar-refractivity contribution in [3.05, 3.63) is 59.2 Å². The van der Waals surface area contributed by atoms with Gasteiger partial charge in [0.25, 0.3) is 0 Å². The van der Waals surface area contributed by atoms with E-state index in [0.29, 0.717) is 11.4 Å². The van der Waals surface area contributed by atoms with Gasteiger partial charge in [-0.2, -0.15) is 4.31 Å². The van der Waals surface area contributed by atoms with Crippen molar-refractivity contribution in [1.29, 1.82) is 0 Å². The monoisotopic (exact) mass is 345 g/mol. The lowest BCUT2D eigenvalue weighted by molar-refractivity contribution is 0.390. The maximum absolute atomic E-state index is 13.2. The summed E-state index contributed by atoms with van der Waals surface area (Å²) in [5.74, 6) is 0.753. The van der Waals surface area contributed by atoms with Gasteiger partial charge >= 0.3 is 0 Å². The van der Waals surface area contributed by atoms with Crippen molar-refractivity contribution in [2.75, 3.05) is 13.7 Å². The number of benzene rings is 2. The van der Waals surface area contributed by atoms with Gasteiger partial charge in [-0.05, 0) is 61.6 Å². The molecule has 0 amide bonds. The molecular weight excluding hydrogens is 322 g/mol. The number of rotatable bonds is 4. The van der Waals surface area contributed by atoms with Gasteiger partial charge in [0.15, 0.2) is 0 Å². The van der Waals surface area contributed by atoms with Gasteiger partial charge < -0.3 is 4.74 Å². The molecule has 4 nitrogen and oxygen atoms in total. The van der Waals surface area contributed by atoms with Gasteiger partial charge in [0.1, 0.15) is 5.75 Å². The molecule has 1 saturated heterocycles. The number of aryl methyl sites for hydroxylation is 2. The summed E-state index contributed by atoms with van der Waals surface area (Å²) in [6, 6.07) is 13.1. The van der Waals surface area contributed by atoms with Crippen molar-refractivity contribution in [1.82, 2.24) is 4.31 Å². The lowest BCUT2D eigenvalue weighted by Crippen LogP contribution is -2.31. The molecule has 1 fully saturated rings. The van der Waals surface area contributed by atoms with Crippen LogP contribution in [-0.4, -0.2) is 26.4 Å². The molecule has 1 heterocycles. The average Bonchev–Trinajstić information content (AvgIpc) is 3.07. The summed E-state index contributed by atoms with van der Waals surface area (Å²) in [5.41, 5.74) is 2.73. The van der Waals surface area contributed by atoms with Crippen LogP contribution in [0, 0.1) is 13.8 Å². The van der Waals surface area contributed by atoms with E-state index < -0.39 is 10.0 Å². The van der Waals surface area contributed by atoms with Crippen molar-refractivity contribution in [3.8, 4) is 5.75 Å². The number of ether oxygens (including phenoxy) is 1. The van der Waals surface area contributed by atoms with Crippen LogP contribution in [0.2, 0.25) is 0 Å². The molecule has 0 N–H and O–H groups in total. The highest BCUT2D eigenvalue weighted by Gasteiger charge is 2.37. The van der Waals surface area contributed by atoms with Crippen LogP contribution >= 0.6 is 0 Å². The molecule has 0 bridgehead atoms. The molecule has 1 unspecified atom stereocenters. The third-order valence-electron chi connectivity index (χ3n) is 4.61. The van der Waals surface area contributed by atoms with Crippen LogP contribution < -0.4 is 4.74 Å². The SMILES string of the molecule is COc1cccc(C2CCCN2S(=O)(=O)c2cc(C)ccc2C)c1. The van der Waals surface area contributed by atoms with Crippen LogP contribution in [0.15, 0.2) is 47.4 Å². The van der Waals surface area contributed by atoms with E-state index in [1.807, 2.05) is 50.2 Å². The molecular formula is C19H23NO3S. The summed E-state index contributed by atoms with van der Waals surface area (Å²) in [5, 5.41) is 0. The van der Waals surface area contributed by atoms with Crippen LogP contribution in [0.3, 0.4) is 0 Å². The maximum Gasteiger partial charge on any atom is 0.243 e. The van der Waals surface area contributed by atoms with E-state index in [1.165, 1.54) is 0 Å². The van der Waals surface area contributed by atoms with E-state index >= 15 is 0 Å². The van der Waals surface area contributed by atoms with Gasteiger partial charge in [-0.15, -0.1) is 0 Å². The minimum atomic E-state index is -3.52. The van der Waals surface area contributed by atoms with E-state index in [-0.39, 0.29) is 6.04 Å². The van der Waals surface area contributed by atoms with E-state index in [1.54, 1.807) is 17.5 Å². The first-order chi connectivity index (χ1) is 11.4. The lowest BCUT2D eigenvalue weighted by atomic mass is 10.1. The van der Waals surface area contributed by atoms with E-state index in [0.717, 1.165) is 35.3 Å². The zero-order valence-corrected chi connectivity index (χ0v) is 15.1. The quantitative estimate of drug-likeness (QED) is 0.846. The molecule has 0 spiro atoms. The Kier molecular flexibility index (Phi) is 4.65. The minimum Gasteiger partial charge on any atom is -0.497 e. The summed E-state index contributed by atoms with van der Waals surface area (Å²) >= 11 is 0. The second kappa shape index (κ2) is 6.57. The first kappa shape index (κ1) is 17.0. The van der Waals surface area contributed by atoms with Crippen molar-refractivity contribution in [3.63, 3.8) is 0 Å². The van der Waals surface area contributed by atoms with Gasteiger partial charge in [-0.3, -0.25) is 0 Å². The molecule has 24 heavy (non-hydrogen) atoms. The topological polar surface area (TPSA) is 46.6 Å². The Morgan fingerprint density at radius 3 is 2.67 bits per heavy atom. The van der Waals surface area contributed by atoms with Gasteiger partial charge in [-0.1, -0.05) is 24.3 Å². The fraction of sp³-hybridized carbons (Fsp3) is 0.368. The zero-order chi connectivity index (χ0) is 17.3. The van der Waals surface area contributed by atoms with E-state index in [2.05, 4.69) is 0 Å². The minimum absolute atomic E-state index is 0.134. The Morgan fingerprint density at radius 2 is 1.92 bits per heavy atom. The number of sulfonamides is 1. The lowest BCUT2D eigenvalue weighted by Gasteiger charge is -2.25. The molecule has 1 aliphatic rings. The van der Waals surface area contributed by atoms with Crippen LogP contribution in [0.25, 0.3) is 0 Å². The second-order valence-corrected chi connectivity index (χ2v) is 8.18. The summed E-state index contributed by atoms with van der Waals surface area (Å²) < 4.78 is 33.4. The maximum atomic E-state index is 13.2. The van der Waals surface area contributed by atoms with Gasteiger partial charge in [0, 0.05) is 6.54 Å². The second-order valence-electron chi connectivity index (χ2n) is 6.32. The Hall–Kier alpha value is -1.85. The molecule has 2 aromatic carbocycles. The summed E-state index contributed by atoms with van der Waals surface area (Å²) in [4.78, 5) is 0.414. The number of methoxy groups -OCH3 is 1. The standard InChI is InChI=1S/C19H23NO3S/c1-14-9-10-15(2)19(12-14)24(21,22)20-11-5-8-18(20)16-6-4-7-17(13-16)23-3/h4,6-7,9-10,12-13,18H,5,8,11H2,1-3H3. The normalized spacial score (nSPS) is 18.7. The fourth-order valence-electron chi connectivity index (χ4n) is 3.32. The Balaban J connectivity index is 2.01. The molecule has 5 heteroatoms. The van der Waals surface area contributed by atoms with Gasteiger partial charge in [-0.25, -0.2) is 8.42 Å². The van der Waals surface area contributed by atoms with Crippen LogP contribution in [0.1, 0.15) is 35.6 Å². The third-order valence-corrected chi connectivity index (χ3v) is 6.66. The molecule has 0 aromatic heterocycles. The Morgan fingerprint density at radius 1 is 1.12 bits per heavy atom. The van der Waals surface area contributed by atoms with E-state index in [4.69, 9.17) is 4.74 Å². The highest BCUT2D eigenvalue weighted by Crippen LogP contribution is 2.38. The largest absolute Gasteiger partial charge is 0.497 e. The summed E-state index contributed by atoms with van der Waals surface area (Å²) in [7, 11) is -1.89. The zero-order valence-electron chi connectivity index (χ0n) is 14.3. The summed E-state index contributed by atoms with van der Waals surface area (Å²) in [6.45, 7) is 4.32.